The van der Waals surface area contributed by atoms with Gasteiger partial charge in [-0.3, -0.25) is 24.0 Å². The summed E-state index contributed by atoms with van der Waals surface area (Å²) in [6, 6.07) is 0. The zero-order valence-corrected chi connectivity index (χ0v) is 28.8. The van der Waals surface area contributed by atoms with E-state index in [1.807, 2.05) is 13.8 Å². The predicted molar refractivity (Wildman–Crippen MR) is 164 cm³/mol. The van der Waals surface area contributed by atoms with Crippen LogP contribution in [0, 0.1) is 50.7 Å². The minimum absolute atomic E-state index is 0.0184. The van der Waals surface area contributed by atoms with Crippen LogP contribution in [-0.2, 0) is 42.9 Å². The molecule has 0 aromatic heterocycles. The summed E-state index contributed by atoms with van der Waals surface area (Å²) in [6.07, 6.45) is 5.66. The molecule has 252 valence electrons. The van der Waals surface area contributed by atoms with E-state index in [0.717, 1.165) is 32.1 Å². The molecular formula is C36H54O9. The van der Waals surface area contributed by atoms with Crippen molar-refractivity contribution in [3.8, 4) is 0 Å². The molecular weight excluding hydrogens is 576 g/mol. The van der Waals surface area contributed by atoms with Crippen LogP contribution in [-0.4, -0.2) is 54.6 Å². The van der Waals surface area contributed by atoms with Gasteiger partial charge in [-0.15, -0.1) is 0 Å². The highest BCUT2D eigenvalue weighted by Crippen LogP contribution is 2.74. The average molecular weight is 631 g/mol. The third-order valence-corrected chi connectivity index (χ3v) is 14.1. The summed E-state index contributed by atoms with van der Waals surface area (Å²) >= 11 is 0. The number of fused-ring (bicyclic) bond motifs is 5. The van der Waals surface area contributed by atoms with Gasteiger partial charge in [0.15, 0.2) is 17.2 Å². The Labute approximate surface area is 268 Å². The molecule has 1 saturated heterocycles. The summed E-state index contributed by atoms with van der Waals surface area (Å²) in [7, 11) is 0. The fourth-order valence-electron chi connectivity index (χ4n) is 11.2. The Hall–Kier alpha value is -2.29. The Balaban J connectivity index is 1.46. The smallest absolute Gasteiger partial charge is 0.322 e. The molecule has 5 rings (SSSR count). The van der Waals surface area contributed by atoms with E-state index in [-0.39, 0.29) is 70.7 Å². The first-order valence-corrected chi connectivity index (χ1v) is 17.0. The molecule has 5 fully saturated rings. The van der Waals surface area contributed by atoms with E-state index in [2.05, 4.69) is 34.6 Å². The highest BCUT2D eigenvalue weighted by Gasteiger charge is 2.71. The first kappa shape index (κ1) is 34.1. The quantitative estimate of drug-likeness (QED) is 0.138. The second kappa shape index (κ2) is 11.2. The Bertz CT molecular complexity index is 1260. The van der Waals surface area contributed by atoms with Crippen molar-refractivity contribution in [2.24, 2.45) is 50.7 Å². The molecule has 1 unspecified atom stereocenters. The molecule has 0 amide bonds. The summed E-state index contributed by atoms with van der Waals surface area (Å²) < 4.78 is 21.8. The van der Waals surface area contributed by atoms with Crippen LogP contribution in [0.25, 0.3) is 0 Å². The summed E-state index contributed by atoms with van der Waals surface area (Å²) in [4.78, 5) is 65.8. The van der Waals surface area contributed by atoms with Crippen LogP contribution in [0.3, 0.4) is 0 Å². The van der Waals surface area contributed by atoms with Gasteiger partial charge >= 0.3 is 17.9 Å². The summed E-state index contributed by atoms with van der Waals surface area (Å²) in [6.45, 7) is 17.8. The van der Waals surface area contributed by atoms with Crippen molar-refractivity contribution >= 4 is 29.5 Å². The highest BCUT2D eigenvalue weighted by atomic mass is 16.7. The Kier molecular flexibility index (Phi) is 8.44. The number of hydrogen-bond donors (Lipinski definition) is 0. The molecule has 0 spiro atoms. The number of carbonyl (C=O) groups is 5. The Morgan fingerprint density at radius 3 is 2.07 bits per heavy atom. The van der Waals surface area contributed by atoms with Crippen LogP contribution in [0.2, 0.25) is 0 Å². The topological polar surface area (TPSA) is 126 Å². The van der Waals surface area contributed by atoms with Gasteiger partial charge in [-0.2, -0.15) is 0 Å². The minimum atomic E-state index is -1.64. The lowest BCUT2D eigenvalue weighted by molar-refractivity contribution is -0.237. The van der Waals surface area contributed by atoms with Crippen LogP contribution in [0.5, 0.6) is 0 Å². The second-order valence-corrected chi connectivity index (χ2v) is 16.6. The molecule has 0 radical (unpaired) electrons. The predicted octanol–water partition coefficient (Wildman–Crippen LogP) is 5.99. The maximum Gasteiger partial charge on any atom is 0.322 e. The van der Waals surface area contributed by atoms with Gasteiger partial charge in [-0.1, -0.05) is 48.5 Å². The SMILES string of the molecule is CC(=O)OCOC(=O)[C@@]1(CC(=O)C2(C(C)C)CO2)CC[C@]2(C)[C@H](CC[C@@H]3[C@@]4(C)CC[C@H](OC(C)=O)C(C)(C)[C@@H]4CC[C@]32C)C1=O. The van der Waals surface area contributed by atoms with E-state index in [9.17, 15) is 24.0 Å². The van der Waals surface area contributed by atoms with Crippen LogP contribution >= 0.6 is 0 Å². The molecule has 4 saturated carbocycles. The van der Waals surface area contributed by atoms with E-state index in [1.165, 1.54) is 13.8 Å². The van der Waals surface area contributed by atoms with Gasteiger partial charge in [0, 0.05) is 31.6 Å². The highest BCUT2D eigenvalue weighted by molar-refractivity contribution is 6.10. The number of carbonyl (C=O) groups excluding carboxylic acids is 5. The lowest BCUT2D eigenvalue weighted by Gasteiger charge is -2.71. The summed E-state index contributed by atoms with van der Waals surface area (Å²) in [5.41, 5.74) is -3.28. The zero-order chi connectivity index (χ0) is 33.4. The minimum Gasteiger partial charge on any atom is -0.462 e. The maximum absolute atomic E-state index is 14.9. The Morgan fingerprint density at radius 2 is 1.49 bits per heavy atom. The molecule has 5 aliphatic rings. The number of ketones is 2. The lowest BCUT2D eigenvalue weighted by Crippen LogP contribution is -2.67. The Morgan fingerprint density at radius 1 is 0.822 bits per heavy atom. The molecule has 9 atom stereocenters. The van der Waals surface area contributed by atoms with Gasteiger partial charge < -0.3 is 18.9 Å². The van der Waals surface area contributed by atoms with Crippen molar-refractivity contribution in [2.45, 2.75) is 132 Å². The van der Waals surface area contributed by atoms with E-state index in [0.29, 0.717) is 24.7 Å². The normalized spacial score (nSPS) is 43.3. The van der Waals surface area contributed by atoms with Crippen LogP contribution < -0.4 is 0 Å². The van der Waals surface area contributed by atoms with Crippen molar-refractivity contribution in [1.29, 1.82) is 0 Å². The number of ether oxygens (including phenoxy) is 4. The molecule has 0 N–H and O–H groups in total. The molecule has 9 nitrogen and oxygen atoms in total. The monoisotopic (exact) mass is 630 g/mol. The van der Waals surface area contributed by atoms with Gasteiger partial charge in [0.2, 0.25) is 6.79 Å². The largest absolute Gasteiger partial charge is 0.462 e. The van der Waals surface area contributed by atoms with Crippen molar-refractivity contribution in [3.63, 3.8) is 0 Å². The first-order chi connectivity index (χ1) is 20.8. The van der Waals surface area contributed by atoms with Crippen molar-refractivity contribution in [1.82, 2.24) is 0 Å². The van der Waals surface area contributed by atoms with Gasteiger partial charge in [-0.05, 0) is 85.4 Å². The lowest BCUT2D eigenvalue weighted by atomic mass is 9.33. The van der Waals surface area contributed by atoms with E-state index >= 15 is 0 Å². The van der Waals surface area contributed by atoms with E-state index in [4.69, 9.17) is 18.9 Å². The number of epoxide rings is 1. The molecule has 0 aromatic rings. The molecule has 1 heterocycles. The fraction of sp³-hybridized carbons (Fsp3) is 0.861. The van der Waals surface area contributed by atoms with E-state index < -0.39 is 35.7 Å². The van der Waals surface area contributed by atoms with Crippen molar-refractivity contribution in [3.05, 3.63) is 0 Å². The first-order valence-electron chi connectivity index (χ1n) is 17.0. The third-order valence-electron chi connectivity index (χ3n) is 14.1. The third kappa shape index (κ3) is 5.00. The number of esters is 3. The number of hydrogen-bond acceptors (Lipinski definition) is 9. The van der Waals surface area contributed by atoms with Crippen LogP contribution in [0.4, 0.5) is 0 Å². The van der Waals surface area contributed by atoms with Crippen LogP contribution in [0.1, 0.15) is 120 Å². The molecule has 9 heteroatoms. The molecule has 0 aromatic carbocycles. The van der Waals surface area contributed by atoms with Gasteiger partial charge in [0.25, 0.3) is 0 Å². The standard InChI is InChI=1S/C36H54O9/c1-21(2)36(19-44-36)27(39)18-35(30(41)43-20-42-22(3)37)17-16-33(8)24(29(35)40)10-11-26-32(7)14-13-28(45-23(4)38)31(5,6)25(32)12-15-34(26,33)9/h21,24-26,28H,10-20H2,1-9H3/t24-,25+,26-,28+,32+,33-,34-,35-,36?/m1/s1. The maximum atomic E-state index is 14.9. The zero-order valence-electron chi connectivity index (χ0n) is 28.8. The van der Waals surface area contributed by atoms with Gasteiger partial charge in [0.05, 0.1) is 6.61 Å². The van der Waals surface area contributed by atoms with Gasteiger partial charge in [-0.25, -0.2) is 0 Å². The molecule has 1 aliphatic heterocycles. The van der Waals surface area contributed by atoms with Gasteiger partial charge in [0.1, 0.15) is 11.5 Å². The fourth-order valence-corrected chi connectivity index (χ4v) is 11.2. The van der Waals surface area contributed by atoms with E-state index in [1.54, 1.807) is 0 Å². The van der Waals surface area contributed by atoms with Crippen molar-refractivity contribution < 1.29 is 42.9 Å². The molecule has 0 bridgehead atoms. The second-order valence-electron chi connectivity index (χ2n) is 16.6. The summed E-state index contributed by atoms with van der Waals surface area (Å²) in [5.74, 6) is -1.80. The van der Waals surface area contributed by atoms with Crippen LogP contribution in [0.15, 0.2) is 0 Å². The average Bonchev–Trinajstić information content (AvgIpc) is 3.75. The number of rotatable bonds is 8. The molecule has 45 heavy (non-hydrogen) atoms. The molecule has 4 aliphatic carbocycles. The van der Waals surface area contributed by atoms with Crippen molar-refractivity contribution in [2.75, 3.05) is 13.4 Å². The number of Topliss-reactive ketones (excluding diaryl/α,β-unsaturated/α-hetero) is 2. The summed E-state index contributed by atoms with van der Waals surface area (Å²) in [5, 5.41) is 0.